The van der Waals surface area contributed by atoms with E-state index in [0.29, 0.717) is 19.0 Å². The number of carbonyl (C=O) groups excluding carboxylic acids is 1. The molecule has 1 aliphatic heterocycles. The van der Waals surface area contributed by atoms with E-state index in [0.717, 1.165) is 49.8 Å². The summed E-state index contributed by atoms with van der Waals surface area (Å²) in [6.07, 6.45) is 1.60. The van der Waals surface area contributed by atoms with Gasteiger partial charge in [-0.2, -0.15) is 0 Å². The molecular weight excluding hydrogens is 525 g/mol. The molecule has 1 amide bonds. The maximum atomic E-state index is 11.9. The van der Waals surface area contributed by atoms with Crippen molar-refractivity contribution in [2.75, 3.05) is 25.0 Å². The van der Waals surface area contributed by atoms with Crippen molar-refractivity contribution < 1.29 is 4.79 Å². The van der Waals surface area contributed by atoms with Gasteiger partial charge >= 0.3 is 0 Å². The molecule has 33 heavy (non-hydrogen) atoms. The molecule has 180 valence electrons. The summed E-state index contributed by atoms with van der Waals surface area (Å²) in [4.78, 5) is 20.9. The van der Waals surface area contributed by atoms with E-state index in [4.69, 9.17) is 4.99 Å². The Hall–Kier alpha value is -2.13. The Morgan fingerprint density at radius 3 is 2.39 bits per heavy atom. The lowest BCUT2D eigenvalue weighted by Crippen LogP contribution is -2.37. The highest BCUT2D eigenvalue weighted by atomic mass is 127. The third-order valence-electron chi connectivity index (χ3n) is 5.95. The molecule has 1 aliphatic rings. The zero-order valence-corrected chi connectivity index (χ0v) is 22.6. The van der Waals surface area contributed by atoms with Crippen LogP contribution in [0, 0.1) is 0 Å². The molecule has 0 bridgehead atoms. The minimum absolute atomic E-state index is 0. The summed E-state index contributed by atoms with van der Waals surface area (Å²) in [5.74, 6) is 1.02. The standard InChI is InChI=1S/C26H37N5O.HI/c1-5-27-26(29-18-22-9-6-7-10-23(22)19-30(4)20(2)3)28-17-21-12-14-24(15-13-21)31-16-8-11-25(31)32;/h6-7,9-10,12-15,20H,5,8,11,16-19H2,1-4H3,(H2,27,28,29);1H. The van der Waals surface area contributed by atoms with Gasteiger partial charge in [-0.1, -0.05) is 36.4 Å². The molecule has 2 aromatic carbocycles. The fourth-order valence-electron chi connectivity index (χ4n) is 3.73. The number of halogens is 1. The number of anilines is 1. The van der Waals surface area contributed by atoms with Gasteiger partial charge in [0.1, 0.15) is 0 Å². The van der Waals surface area contributed by atoms with Gasteiger partial charge in [0.15, 0.2) is 5.96 Å². The Morgan fingerprint density at radius 2 is 1.79 bits per heavy atom. The fourth-order valence-corrected chi connectivity index (χ4v) is 3.73. The highest BCUT2D eigenvalue weighted by molar-refractivity contribution is 14.0. The number of nitrogens with zero attached hydrogens (tertiary/aromatic N) is 3. The largest absolute Gasteiger partial charge is 0.357 e. The van der Waals surface area contributed by atoms with Crippen LogP contribution in [0.3, 0.4) is 0 Å². The number of hydrogen-bond donors (Lipinski definition) is 2. The van der Waals surface area contributed by atoms with Crippen LogP contribution >= 0.6 is 24.0 Å². The average Bonchev–Trinajstić information content (AvgIpc) is 3.22. The van der Waals surface area contributed by atoms with Gasteiger partial charge in [-0.25, -0.2) is 4.99 Å². The Morgan fingerprint density at radius 1 is 1.09 bits per heavy atom. The van der Waals surface area contributed by atoms with Gasteiger partial charge in [-0.05, 0) is 63.1 Å². The van der Waals surface area contributed by atoms with Crippen molar-refractivity contribution in [3.63, 3.8) is 0 Å². The average molecular weight is 564 g/mol. The predicted molar refractivity (Wildman–Crippen MR) is 148 cm³/mol. The lowest BCUT2D eigenvalue weighted by atomic mass is 10.1. The van der Waals surface area contributed by atoms with Gasteiger partial charge in [0, 0.05) is 44.3 Å². The van der Waals surface area contributed by atoms with Crippen LogP contribution in [-0.4, -0.2) is 42.9 Å². The van der Waals surface area contributed by atoms with E-state index in [1.807, 2.05) is 17.0 Å². The number of rotatable bonds is 9. The lowest BCUT2D eigenvalue weighted by molar-refractivity contribution is -0.117. The van der Waals surface area contributed by atoms with Crippen LogP contribution in [0.1, 0.15) is 50.3 Å². The van der Waals surface area contributed by atoms with Crippen LogP contribution in [0.2, 0.25) is 0 Å². The molecule has 1 heterocycles. The SMILES string of the molecule is CCNC(=NCc1ccc(N2CCCC2=O)cc1)NCc1ccccc1CN(C)C(C)C.I. The summed E-state index contributed by atoms with van der Waals surface area (Å²) in [6.45, 7) is 10.4. The third-order valence-corrected chi connectivity index (χ3v) is 5.95. The van der Waals surface area contributed by atoms with E-state index < -0.39 is 0 Å². The molecule has 3 rings (SSSR count). The first-order valence-electron chi connectivity index (χ1n) is 11.7. The van der Waals surface area contributed by atoms with Gasteiger partial charge in [0.2, 0.25) is 5.91 Å². The van der Waals surface area contributed by atoms with Crippen molar-refractivity contribution in [3.05, 3.63) is 65.2 Å². The minimum atomic E-state index is 0. The second-order valence-corrected chi connectivity index (χ2v) is 8.64. The minimum Gasteiger partial charge on any atom is -0.357 e. The summed E-state index contributed by atoms with van der Waals surface area (Å²) in [5, 5.41) is 6.82. The summed E-state index contributed by atoms with van der Waals surface area (Å²) in [6, 6.07) is 17.2. The number of carbonyl (C=O) groups is 1. The van der Waals surface area contributed by atoms with E-state index in [1.165, 1.54) is 11.1 Å². The number of hydrogen-bond acceptors (Lipinski definition) is 3. The molecular formula is C26H38IN5O. The molecule has 0 saturated carbocycles. The van der Waals surface area contributed by atoms with E-state index in [2.05, 4.69) is 79.8 Å². The first kappa shape index (κ1) is 27.1. The predicted octanol–water partition coefficient (Wildman–Crippen LogP) is 4.53. The normalized spacial score (nSPS) is 14.1. The molecule has 0 radical (unpaired) electrons. The smallest absolute Gasteiger partial charge is 0.227 e. The summed E-state index contributed by atoms with van der Waals surface area (Å²) >= 11 is 0. The summed E-state index contributed by atoms with van der Waals surface area (Å²) in [7, 11) is 2.16. The third kappa shape index (κ3) is 7.99. The van der Waals surface area contributed by atoms with E-state index in [9.17, 15) is 4.79 Å². The van der Waals surface area contributed by atoms with Gasteiger partial charge in [-0.15, -0.1) is 24.0 Å². The number of amides is 1. The van der Waals surface area contributed by atoms with Gasteiger partial charge in [0.05, 0.1) is 6.54 Å². The topological polar surface area (TPSA) is 60.0 Å². The maximum absolute atomic E-state index is 11.9. The molecule has 6 nitrogen and oxygen atoms in total. The Balaban J connectivity index is 0.00000385. The van der Waals surface area contributed by atoms with Crippen LogP contribution in [-0.2, 0) is 24.4 Å². The van der Waals surface area contributed by atoms with Crippen molar-refractivity contribution in [1.82, 2.24) is 15.5 Å². The van der Waals surface area contributed by atoms with Crippen LogP contribution < -0.4 is 15.5 Å². The Bertz CT molecular complexity index is 913. The van der Waals surface area contributed by atoms with Crippen molar-refractivity contribution in [2.45, 2.75) is 59.3 Å². The monoisotopic (exact) mass is 563 g/mol. The molecule has 7 heteroatoms. The second kappa shape index (κ2) is 13.5. The van der Waals surface area contributed by atoms with Gasteiger partial charge in [0.25, 0.3) is 0 Å². The summed E-state index contributed by atoms with van der Waals surface area (Å²) < 4.78 is 0. The van der Waals surface area contributed by atoms with Crippen molar-refractivity contribution in [1.29, 1.82) is 0 Å². The molecule has 2 N–H and O–H groups in total. The molecule has 0 aliphatic carbocycles. The highest BCUT2D eigenvalue weighted by Crippen LogP contribution is 2.21. The summed E-state index contributed by atoms with van der Waals surface area (Å²) in [5.41, 5.74) is 4.72. The lowest BCUT2D eigenvalue weighted by Gasteiger charge is -2.23. The maximum Gasteiger partial charge on any atom is 0.227 e. The van der Waals surface area contributed by atoms with E-state index >= 15 is 0 Å². The second-order valence-electron chi connectivity index (χ2n) is 8.64. The number of guanidine groups is 1. The fraction of sp³-hybridized carbons (Fsp3) is 0.462. The van der Waals surface area contributed by atoms with Crippen molar-refractivity contribution in [2.24, 2.45) is 4.99 Å². The van der Waals surface area contributed by atoms with E-state index in [1.54, 1.807) is 0 Å². The van der Waals surface area contributed by atoms with Crippen LogP contribution in [0.5, 0.6) is 0 Å². The molecule has 1 fully saturated rings. The zero-order chi connectivity index (χ0) is 22.9. The van der Waals surface area contributed by atoms with Gasteiger partial charge in [-0.3, -0.25) is 9.69 Å². The number of nitrogens with one attached hydrogen (secondary N) is 2. The first-order valence-corrected chi connectivity index (χ1v) is 11.7. The van der Waals surface area contributed by atoms with E-state index in [-0.39, 0.29) is 29.9 Å². The van der Waals surface area contributed by atoms with Crippen LogP contribution in [0.4, 0.5) is 5.69 Å². The molecule has 0 spiro atoms. The zero-order valence-electron chi connectivity index (χ0n) is 20.3. The van der Waals surface area contributed by atoms with Gasteiger partial charge < -0.3 is 15.5 Å². The molecule has 1 saturated heterocycles. The molecule has 0 aromatic heterocycles. The first-order chi connectivity index (χ1) is 15.5. The molecule has 0 unspecified atom stereocenters. The molecule has 2 aromatic rings. The quantitative estimate of drug-likeness (QED) is 0.268. The highest BCUT2D eigenvalue weighted by Gasteiger charge is 2.21. The van der Waals surface area contributed by atoms with Crippen LogP contribution in [0.15, 0.2) is 53.5 Å². The number of benzene rings is 2. The molecule has 0 atom stereocenters. The van der Waals surface area contributed by atoms with Crippen LogP contribution in [0.25, 0.3) is 0 Å². The van der Waals surface area contributed by atoms with Crippen molar-refractivity contribution in [3.8, 4) is 0 Å². The number of aliphatic imine (C=N–C) groups is 1. The van der Waals surface area contributed by atoms with Crippen molar-refractivity contribution >= 4 is 41.5 Å². The Labute approximate surface area is 215 Å². The Kier molecular flexibility index (Phi) is 11.1.